The molecule has 0 radical (unpaired) electrons. The van der Waals surface area contributed by atoms with Gasteiger partial charge in [0.05, 0.1) is 7.11 Å². The Labute approximate surface area is 135 Å². The van der Waals surface area contributed by atoms with Crippen LogP contribution in [-0.2, 0) is 19.5 Å². The number of hydrogen-bond donors (Lipinski definition) is 2. The van der Waals surface area contributed by atoms with Crippen LogP contribution >= 0.6 is 0 Å². The number of ether oxygens (including phenoxy) is 1. The van der Waals surface area contributed by atoms with Crippen LogP contribution in [0.1, 0.15) is 30.9 Å². The van der Waals surface area contributed by atoms with Crippen LogP contribution in [0.25, 0.3) is 0 Å². The van der Waals surface area contributed by atoms with E-state index in [1.54, 1.807) is 7.11 Å². The topological polar surface area (TPSA) is 90.3 Å². The maximum atomic E-state index is 5.96. The van der Waals surface area contributed by atoms with Gasteiger partial charge in [0.25, 0.3) is 0 Å². The van der Waals surface area contributed by atoms with Crippen LogP contribution in [0.2, 0.25) is 0 Å². The third-order valence-electron chi connectivity index (χ3n) is 3.92. The smallest absolute Gasteiger partial charge is 0.193 e. The molecule has 3 N–H and O–H groups in total. The van der Waals surface area contributed by atoms with Crippen molar-refractivity contribution < 1.29 is 4.74 Å². The molecule has 23 heavy (non-hydrogen) atoms. The van der Waals surface area contributed by atoms with Crippen LogP contribution in [-0.4, -0.2) is 27.8 Å². The summed E-state index contributed by atoms with van der Waals surface area (Å²) in [6, 6.07) is 7.55. The minimum absolute atomic E-state index is 0.351. The van der Waals surface area contributed by atoms with Crippen molar-refractivity contribution in [1.82, 2.24) is 14.8 Å². The third-order valence-corrected chi connectivity index (χ3v) is 3.92. The summed E-state index contributed by atoms with van der Waals surface area (Å²) in [6.45, 7) is 1.40. The van der Waals surface area contributed by atoms with E-state index >= 15 is 0 Å². The van der Waals surface area contributed by atoms with E-state index < -0.39 is 0 Å². The van der Waals surface area contributed by atoms with Crippen molar-refractivity contribution in [2.24, 2.45) is 10.7 Å². The highest BCUT2D eigenvalue weighted by Gasteiger charge is 2.14. The van der Waals surface area contributed by atoms with Gasteiger partial charge >= 0.3 is 0 Å². The molecule has 0 unspecified atom stereocenters. The first-order valence-electron chi connectivity index (χ1n) is 7.88. The van der Waals surface area contributed by atoms with Gasteiger partial charge in [-0.3, -0.25) is 0 Å². The highest BCUT2D eigenvalue weighted by atomic mass is 16.5. The van der Waals surface area contributed by atoms with Gasteiger partial charge in [-0.05, 0) is 25.0 Å². The van der Waals surface area contributed by atoms with Crippen molar-refractivity contribution in [3.63, 3.8) is 0 Å². The Morgan fingerprint density at radius 3 is 3.13 bits per heavy atom. The lowest BCUT2D eigenvalue weighted by Crippen LogP contribution is -2.23. The maximum absolute atomic E-state index is 5.96. The Hall–Kier alpha value is -2.57. The molecule has 7 heteroatoms. The summed E-state index contributed by atoms with van der Waals surface area (Å²) in [5.41, 5.74) is 6.80. The normalized spacial score (nSPS) is 14.9. The molecule has 0 aliphatic carbocycles. The van der Waals surface area contributed by atoms with Crippen LogP contribution in [0.4, 0.5) is 5.69 Å². The minimum atomic E-state index is 0.351. The highest BCUT2D eigenvalue weighted by Crippen LogP contribution is 2.17. The van der Waals surface area contributed by atoms with E-state index in [2.05, 4.69) is 25.1 Å². The molecule has 0 saturated heterocycles. The van der Waals surface area contributed by atoms with Crippen LogP contribution in [0, 0.1) is 0 Å². The summed E-state index contributed by atoms with van der Waals surface area (Å²) in [5, 5.41) is 11.6. The molecular weight excluding hydrogens is 292 g/mol. The number of nitrogens with two attached hydrogens (primary N) is 1. The largest absolute Gasteiger partial charge is 0.497 e. The number of fused-ring (bicyclic) bond motifs is 1. The first-order valence-corrected chi connectivity index (χ1v) is 7.88. The number of methoxy groups -OCH3 is 1. The van der Waals surface area contributed by atoms with Crippen LogP contribution < -0.4 is 15.8 Å². The predicted molar refractivity (Wildman–Crippen MR) is 89.5 cm³/mol. The quantitative estimate of drug-likeness (QED) is 0.665. The average molecular weight is 314 g/mol. The number of guanidine groups is 1. The van der Waals surface area contributed by atoms with Crippen molar-refractivity contribution in [3.05, 3.63) is 35.9 Å². The zero-order valence-corrected chi connectivity index (χ0v) is 13.3. The van der Waals surface area contributed by atoms with E-state index in [-0.39, 0.29) is 0 Å². The Morgan fingerprint density at radius 1 is 1.35 bits per heavy atom. The van der Waals surface area contributed by atoms with Gasteiger partial charge in [0.1, 0.15) is 18.1 Å². The molecule has 0 spiro atoms. The number of nitrogens with zero attached hydrogens (tertiary/aromatic N) is 4. The second-order valence-electron chi connectivity index (χ2n) is 5.55. The van der Waals surface area contributed by atoms with Crippen LogP contribution in [0.5, 0.6) is 5.75 Å². The van der Waals surface area contributed by atoms with Crippen LogP contribution in [0.3, 0.4) is 0 Å². The third kappa shape index (κ3) is 3.80. The van der Waals surface area contributed by atoms with Crippen molar-refractivity contribution >= 4 is 11.6 Å². The molecule has 0 fully saturated rings. The molecule has 1 aromatic heterocycles. The summed E-state index contributed by atoms with van der Waals surface area (Å²) in [5.74, 6) is 3.05. The number of anilines is 1. The Morgan fingerprint density at radius 2 is 2.26 bits per heavy atom. The van der Waals surface area contributed by atoms with E-state index in [1.165, 1.54) is 19.3 Å². The monoisotopic (exact) mass is 314 g/mol. The van der Waals surface area contributed by atoms with Crippen LogP contribution in [0.15, 0.2) is 29.3 Å². The molecule has 3 rings (SSSR count). The molecule has 122 valence electrons. The predicted octanol–water partition coefficient (Wildman–Crippen LogP) is 1.94. The van der Waals surface area contributed by atoms with E-state index in [0.717, 1.165) is 36.1 Å². The van der Waals surface area contributed by atoms with E-state index in [1.807, 2.05) is 24.3 Å². The molecule has 1 aliphatic rings. The van der Waals surface area contributed by atoms with E-state index in [9.17, 15) is 0 Å². The Balaban J connectivity index is 1.66. The molecule has 1 aromatic carbocycles. The Bertz CT molecular complexity index is 694. The fourth-order valence-electron chi connectivity index (χ4n) is 2.71. The fourth-order valence-corrected chi connectivity index (χ4v) is 2.71. The summed E-state index contributed by atoms with van der Waals surface area (Å²) < 4.78 is 7.36. The zero-order valence-electron chi connectivity index (χ0n) is 13.3. The summed E-state index contributed by atoms with van der Waals surface area (Å²) in [7, 11) is 1.63. The van der Waals surface area contributed by atoms with Gasteiger partial charge < -0.3 is 20.4 Å². The molecule has 2 aromatic rings. The number of benzene rings is 1. The van der Waals surface area contributed by atoms with Gasteiger partial charge in [0, 0.05) is 24.7 Å². The zero-order chi connectivity index (χ0) is 16.1. The lowest BCUT2D eigenvalue weighted by atomic mass is 10.2. The number of rotatable bonds is 4. The summed E-state index contributed by atoms with van der Waals surface area (Å²) in [6.07, 6.45) is 4.58. The maximum Gasteiger partial charge on any atom is 0.193 e. The standard InChI is InChI=1S/C16H22N6O/c1-23-13-7-5-6-12(10-13)19-16(17)18-11-15-21-20-14-8-3-2-4-9-22(14)15/h5-7,10H,2-4,8-9,11H2,1H3,(H3,17,18,19). The second-order valence-corrected chi connectivity index (χ2v) is 5.55. The fraction of sp³-hybridized carbons (Fsp3) is 0.438. The highest BCUT2D eigenvalue weighted by molar-refractivity contribution is 5.92. The molecule has 0 amide bonds. The molecule has 0 saturated carbocycles. The number of aliphatic imine (C=N–C) groups is 1. The molecule has 1 aliphatic heterocycles. The number of hydrogen-bond acceptors (Lipinski definition) is 4. The number of aromatic nitrogens is 3. The summed E-state index contributed by atoms with van der Waals surface area (Å²) in [4.78, 5) is 4.38. The Kier molecular flexibility index (Phi) is 4.75. The van der Waals surface area contributed by atoms with Crippen molar-refractivity contribution in [3.8, 4) is 5.75 Å². The minimum Gasteiger partial charge on any atom is -0.497 e. The second kappa shape index (κ2) is 7.13. The van der Waals surface area contributed by atoms with E-state index in [0.29, 0.717) is 12.5 Å². The van der Waals surface area contributed by atoms with Gasteiger partial charge in [-0.15, -0.1) is 10.2 Å². The average Bonchev–Trinajstić information content (AvgIpc) is 2.79. The number of aryl methyl sites for hydroxylation is 1. The van der Waals surface area contributed by atoms with Crippen molar-refractivity contribution in [1.29, 1.82) is 0 Å². The van der Waals surface area contributed by atoms with Crippen molar-refractivity contribution in [2.75, 3.05) is 12.4 Å². The molecule has 7 nitrogen and oxygen atoms in total. The van der Waals surface area contributed by atoms with Crippen molar-refractivity contribution in [2.45, 2.75) is 38.8 Å². The van der Waals surface area contributed by atoms with Gasteiger partial charge in [-0.25, -0.2) is 4.99 Å². The molecular formula is C16H22N6O. The lowest BCUT2D eigenvalue weighted by molar-refractivity contribution is 0.415. The number of nitrogens with one attached hydrogen (secondary N) is 1. The molecule has 2 heterocycles. The molecule has 0 bridgehead atoms. The van der Waals surface area contributed by atoms with Gasteiger partial charge in [-0.1, -0.05) is 12.5 Å². The molecule has 0 atom stereocenters. The first kappa shape index (κ1) is 15.3. The van der Waals surface area contributed by atoms with Gasteiger partial charge in [0.2, 0.25) is 0 Å². The first-order chi connectivity index (χ1) is 11.3. The van der Waals surface area contributed by atoms with Gasteiger partial charge in [-0.2, -0.15) is 0 Å². The summed E-state index contributed by atoms with van der Waals surface area (Å²) >= 11 is 0. The van der Waals surface area contributed by atoms with E-state index in [4.69, 9.17) is 10.5 Å². The van der Waals surface area contributed by atoms with Gasteiger partial charge in [0.15, 0.2) is 11.8 Å². The lowest BCUT2D eigenvalue weighted by Gasteiger charge is -2.08. The SMILES string of the molecule is COc1cccc(NC(N)=NCc2nnc3n2CCCCC3)c1.